The van der Waals surface area contributed by atoms with E-state index in [0.29, 0.717) is 23.9 Å². The predicted molar refractivity (Wildman–Crippen MR) is 100 cm³/mol. The fraction of sp³-hybridized carbons (Fsp3) is 0.300. The Bertz CT molecular complexity index is 921. The van der Waals surface area contributed by atoms with E-state index in [1.54, 1.807) is 6.20 Å². The molecule has 1 saturated heterocycles. The Hall–Kier alpha value is -3.26. The Morgan fingerprint density at radius 3 is 2.75 bits per heavy atom. The summed E-state index contributed by atoms with van der Waals surface area (Å²) in [6, 6.07) is 11.6. The van der Waals surface area contributed by atoms with Gasteiger partial charge in [-0.2, -0.15) is 4.98 Å². The number of amides is 1. The van der Waals surface area contributed by atoms with Crippen LogP contribution in [0.1, 0.15) is 28.8 Å². The van der Waals surface area contributed by atoms with E-state index in [9.17, 15) is 4.79 Å². The smallest absolute Gasteiger partial charge is 0.255 e. The van der Waals surface area contributed by atoms with Gasteiger partial charge in [0.2, 0.25) is 5.89 Å². The van der Waals surface area contributed by atoms with Gasteiger partial charge in [-0.1, -0.05) is 23.4 Å². The number of nitrogens with zero attached hydrogens (tertiary/aromatic N) is 4. The summed E-state index contributed by atoms with van der Waals surface area (Å²) in [4.78, 5) is 21.7. The van der Waals surface area contributed by atoms with E-state index in [1.165, 1.54) is 5.56 Å². The molecule has 2 N–H and O–H groups in total. The molecule has 8 heteroatoms. The lowest BCUT2D eigenvalue weighted by atomic mass is 9.99. The normalized spacial score (nSPS) is 14.6. The van der Waals surface area contributed by atoms with Gasteiger partial charge in [0.25, 0.3) is 5.91 Å². The largest absolute Gasteiger partial charge is 0.484 e. The lowest BCUT2D eigenvalue weighted by Gasteiger charge is -2.37. The first-order valence-corrected chi connectivity index (χ1v) is 9.09. The molecule has 0 aliphatic carbocycles. The molecule has 0 spiro atoms. The van der Waals surface area contributed by atoms with Crippen LogP contribution in [0.4, 0.5) is 0 Å². The molecule has 1 aliphatic rings. The molecule has 1 aliphatic heterocycles. The summed E-state index contributed by atoms with van der Waals surface area (Å²) in [6.45, 7) is 2.49. The maximum atomic E-state index is 10.7. The van der Waals surface area contributed by atoms with Crippen molar-refractivity contribution in [2.45, 2.75) is 18.9 Å². The number of ether oxygens (including phenoxy) is 1. The van der Waals surface area contributed by atoms with Gasteiger partial charge >= 0.3 is 0 Å². The molecular formula is C20H21N5O3. The van der Waals surface area contributed by atoms with Gasteiger partial charge in [-0.05, 0) is 29.3 Å². The number of hydrogen-bond donors (Lipinski definition) is 1. The highest BCUT2D eigenvalue weighted by Gasteiger charge is 2.32. The van der Waals surface area contributed by atoms with Crippen molar-refractivity contribution in [2.75, 3.05) is 19.7 Å². The first-order valence-electron chi connectivity index (χ1n) is 9.09. The Labute approximate surface area is 162 Å². The Balaban J connectivity index is 1.25. The summed E-state index contributed by atoms with van der Waals surface area (Å²) in [5.74, 6) is 1.81. The second-order valence-electron chi connectivity index (χ2n) is 6.88. The van der Waals surface area contributed by atoms with Crippen molar-refractivity contribution in [3.63, 3.8) is 0 Å². The van der Waals surface area contributed by atoms with E-state index in [4.69, 9.17) is 15.0 Å². The fourth-order valence-electron chi connectivity index (χ4n) is 3.15. The molecule has 2 aromatic heterocycles. The monoisotopic (exact) mass is 379 g/mol. The lowest BCUT2D eigenvalue weighted by Crippen LogP contribution is -2.44. The molecule has 4 rings (SSSR count). The fourth-order valence-corrected chi connectivity index (χ4v) is 3.15. The van der Waals surface area contributed by atoms with Crippen LogP contribution in [0.5, 0.6) is 5.75 Å². The topological polar surface area (TPSA) is 107 Å². The zero-order valence-corrected chi connectivity index (χ0v) is 15.3. The molecule has 1 fully saturated rings. The molecule has 3 heterocycles. The van der Waals surface area contributed by atoms with Gasteiger partial charge in [-0.3, -0.25) is 14.7 Å². The zero-order chi connectivity index (χ0) is 19.3. The summed E-state index contributed by atoms with van der Waals surface area (Å²) >= 11 is 0. The highest BCUT2D eigenvalue weighted by molar-refractivity contribution is 5.75. The minimum atomic E-state index is -0.486. The minimum absolute atomic E-state index is 0.111. The van der Waals surface area contributed by atoms with Crippen LogP contribution < -0.4 is 10.5 Å². The van der Waals surface area contributed by atoms with Gasteiger partial charge in [-0.15, -0.1) is 0 Å². The SMILES string of the molecule is NC(=O)COc1ccc(CN2CC(c3nc(Cc4cccnc4)no3)C2)cc1. The van der Waals surface area contributed by atoms with E-state index >= 15 is 0 Å². The number of primary amides is 1. The van der Waals surface area contributed by atoms with Crippen LogP contribution in [0.15, 0.2) is 53.3 Å². The number of rotatable bonds is 8. The van der Waals surface area contributed by atoms with Gasteiger partial charge in [0.1, 0.15) is 5.75 Å². The summed E-state index contributed by atoms with van der Waals surface area (Å²) in [7, 11) is 0. The molecule has 0 saturated carbocycles. The molecule has 1 aromatic carbocycles. The number of benzene rings is 1. The molecule has 1 amide bonds. The first-order chi connectivity index (χ1) is 13.7. The van der Waals surface area contributed by atoms with E-state index in [0.717, 1.165) is 25.2 Å². The van der Waals surface area contributed by atoms with Crippen molar-refractivity contribution in [1.82, 2.24) is 20.0 Å². The van der Waals surface area contributed by atoms with Crippen LogP contribution >= 0.6 is 0 Å². The highest BCUT2D eigenvalue weighted by atomic mass is 16.5. The van der Waals surface area contributed by atoms with E-state index in [-0.39, 0.29) is 12.5 Å². The van der Waals surface area contributed by atoms with Crippen molar-refractivity contribution in [2.24, 2.45) is 5.73 Å². The minimum Gasteiger partial charge on any atom is -0.484 e. The molecule has 28 heavy (non-hydrogen) atoms. The van der Waals surface area contributed by atoms with Crippen molar-refractivity contribution in [1.29, 1.82) is 0 Å². The number of carbonyl (C=O) groups is 1. The molecule has 8 nitrogen and oxygen atoms in total. The average molecular weight is 379 g/mol. The van der Waals surface area contributed by atoms with Crippen molar-refractivity contribution >= 4 is 5.91 Å². The van der Waals surface area contributed by atoms with Crippen LogP contribution in [0.3, 0.4) is 0 Å². The Morgan fingerprint density at radius 1 is 1.21 bits per heavy atom. The molecule has 0 radical (unpaired) electrons. The summed E-state index contributed by atoms with van der Waals surface area (Å²) in [5.41, 5.74) is 7.31. The first kappa shape index (κ1) is 18.1. The van der Waals surface area contributed by atoms with Gasteiger partial charge < -0.3 is 15.0 Å². The van der Waals surface area contributed by atoms with Gasteiger partial charge in [-0.25, -0.2) is 0 Å². The van der Waals surface area contributed by atoms with Gasteiger partial charge in [0, 0.05) is 38.4 Å². The second-order valence-corrected chi connectivity index (χ2v) is 6.88. The number of pyridine rings is 1. The molecule has 3 aromatic rings. The second kappa shape index (κ2) is 8.18. The van der Waals surface area contributed by atoms with Crippen molar-refractivity contribution in [3.05, 3.63) is 71.6 Å². The molecular weight excluding hydrogens is 358 g/mol. The van der Waals surface area contributed by atoms with Gasteiger partial charge in [0.05, 0.1) is 5.92 Å². The Kier molecular flexibility index (Phi) is 5.29. The quantitative estimate of drug-likeness (QED) is 0.632. The van der Waals surface area contributed by atoms with Crippen molar-refractivity contribution < 1.29 is 14.1 Å². The highest BCUT2D eigenvalue weighted by Crippen LogP contribution is 2.27. The molecule has 0 unspecified atom stereocenters. The number of aromatic nitrogens is 3. The van der Waals surface area contributed by atoms with Crippen LogP contribution in [0.2, 0.25) is 0 Å². The molecule has 0 bridgehead atoms. The maximum absolute atomic E-state index is 10.7. The van der Waals surface area contributed by atoms with Crippen LogP contribution in [0, 0.1) is 0 Å². The zero-order valence-electron chi connectivity index (χ0n) is 15.3. The number of carbonyl (C=O) groups excluding carboxylic acids is 1. The standard InChI is InChI=1S/C20H21N5O3/c21-18(26)13-27-17-5-3-14(4-6-17)10-25-11-16(12-25)20-23-19(24-28-20)8-15-2-1-7-22-9-15/h1-7,9,16H,8,10-13H2,(H2,21,26). The van der Waals surface area contributed by atoms with E-state index < -0.39 is 5.91 Å². The lowest BCUT2D eigenvalue weighted by molar-refractivity contribution is -0.119. The summed E-state index contributed by atoms with van der Waals surface area (Å²) < 4.78 is 10.7. The van der Waals surface area contributed by atoms with Crippen LogP contribution in [0.25, 0.3) is 0 Å². The number of hydrogen-bond acceptors (Lipinski definition) is 7. The van der Waals surface area contributed by atoms with Crippen molar-refractivity contribution in [3.8, 4) is 5.75 Å². The van der Waals surface area contributed by atoms with Gasteiger partial charge in [0.15, 0.2) is 12.4 Å². The van der Waals surface area contributed by atoms with Crippen LogP contribution in [-0.2, 0) is 17.8 Å². The third kappa shape index (κ3) is 4.52. The molecule has 0 atom stereocenters. The summed E-state index contributed by atoms with van der Waals surface area (Å²) in [6.07, 6.45) is 4.18. The summed E-state index contributed by atoms with van der Waals surface area (Å²) in [5, 5.41) is 4.08. The number of likely N-dealkylation sites (tertiary alicyclic amines) is 1. The van der Waals surface area contributed by atoms with Crippen LogP contribution in [-0.4, -0.2) is 45.6 Å². The van der Waals surface area contributed by atoms with E-state index in [2.05, 4.69) is 20.0 Å². The Morgan fingerprint density at radius 2 is 2.04 bits per heavy atom. The molecule has 144 valence electrons. The maximum Gasteiger partial charge on any atom is 0.255 e. The predicted octanol–water partition coefficient (Wildman–Crippen LogP) is 1.52. The third-order valence-corrected chi connectivity index (χ3v) is 4.59. The number of nitrogens with two attached hydrogens (primary N) is 1. The van der Waals surface area contributed by atoms with E-state index in [1.807, 2.05) is 42.6 Å². The third-order valence-electron chi connectivity index (χ3n) is 4.59. The average Bonchev–Trinajstić information content (AvgIpc) is 3.12.